The van der Waals surface area contributed by atoms with Gasteiger partial charge in [0.1, 0.15) is 0 Å². The lowest BCUT2D eigenvalue weighted by atomic mass is 10.1. The molecular weight excluding hydrogens is 240 g/mol. The van der Waals surface area contributed by atoms with Crippen molar-refractivity contribution in [2.45, 2.75) is 25.4 Å². The number of nitrogens with zero attached hydrogens (tertiary/aromatic N) is 1. The number of piperidine rings is 1. The summed E-state index contributed by atoms with van der Waals surface area (Å²) in [6, 6.07) is 2.32. The number of furan rings is 1. The summed E-state index contributed by atoms with van der Waals surface area (Å²) in [6.45, 7) is 2.00. The van der Waals surface area contributed by atoms with Crippen molar-refractivity contribution in [1.82, 2.24) is 9.62 Å². The highest BCUT2D eigenvalue weighted by molar-refractivity contribution is 7.88. The zero-order chi connectivity index (χ0) is 12.3. The van der Waals surface area contributed by atoms with E-state index in [-0.39, 0.29) is 0 Å². The molecule has 1 aromatic rings. The Balaban J connectivity index is 1.76. The number of hydrogen-bond acceptors (Lipinski definition) is 4. The van der Waals surface area contributed by atoms with E-state index < -0.39 is 10.0 Å². The predicted octanol–water partition coefficient (Wildman–Crippen LogP) is 0.793. The third-order valence-electron chi connectivity index (χ3n) is 3.10. The first-order valence-corrected chi connectivity index (χ1v) is 7.60. The molecule has 2 heterocycles. The van der Waals surface area contributed by atoms with Gasteiger partial charge in [-0.2, -0.15) is 0 Å². The number of nitrogens with one attached hydrogen (secondary N) is 1. The molecule has 0 aromatic carbocycles. The average molecular weight is 258 g/mol. The van der Waals surface area contributed by atoms with Crippen LogP contribution in [0.25, 0.3) is 0 Å². The molecular formula is C11H18N2O3S. The number of sulfonamides is 1. The van der Waals surface area contributed by atoms with E-state index in [1.54, 1.807) is 16.8 Å². The van der Waals surface area contributed by atoms with Gasteiger partial charge in [-0.15, -0.1) is 0 Å². The van der Waals surface area contributed by atoms with Crippen LogP contribution in [-0.2, 0) is 16.6 Å². The second-order valence-corrected chi connectivity index (χ2v) is 6.43. The maximum absolute atomic E-state index is 11.3. The fourth-order valence-electron chi connectivity index (χ4n) is 2.05. The lowest BCUT2D eigenvalue weighted by Crippen LogP contribution is -2.44. The van der Waals surface area contributed by atoms with Crippen LogP contribution in [-0.4, -0.2) is 38.1 Å². The fourth-order valence-corrected chi connectivity index (χ4v) is 2.92. The van der Waals surface area contributed by atoms with Gasteiger partial charge >= 0.3 is 0 Å². The van der Waals surface area contributed by atoms with E-state index in [0.29, 0.717) is 19.1 Å². The van der Waals surface area contributed by atoms with Gasteiger partial charge in [0.25, 0.3) is 0 Å². The minimum absolute atomic E-state index is 0.392. The number of hydrogen-bond donors (Lipinski definition) is 1. The van der Waals surface area contributed by atoms with Gasteiger partial charge in [-0.1, -0.05) is 0 Å². The molecule has 0 aliphatic carbocycles. The first-order chi connectivity index (χ1) is 8.05. The lowest BCUT2D eigenvalue weighted by molar-refractivity contribution is 0.290. The topological polar surface area (TPSA) is 62.6 Å². The quantitative estimate of drug-likeness (QED) is 0.867. The summed E-state index contributed by atoms with van der Waals surface area (Å²) in [5.41, 5.74) is 1.12. The minimum atomic E-state index is -3.02. The number of rotatable bonds is 4. The van der Waals surface area contributed by atoms with Crippen LogP contribution >= 0.6 is 0 Å². The Bertz CT molecular complexity index is 433. The van der Waals surface area contributed by atoms with E-state index in [1.165, 1.54) is 6.26 Å². The predicted molar refractivity (Wildman–Crippen MR) is 65.0 cm³/mol. The fraction of sp³-hybridized carbons (Fsp3) is 0.636. The normalized spacial score (nSPS) is 19.6. The van der Waals surface area contributed by atoms with Gasteiger partial charge in [-0.3, -0.25) is 0 Å². The maximum Gasteiger partial charge on any atom is 0.211 e. The average Bonchev–Trinajstić information content (AvgIpc) is 2.78. The van der Waals surface area contributed by atoms with E-state index in [2.05, 4.69) is 5.32 Å². The molecule has 6 heteroatoms. The monoisotopic (exact) mass is 258 g/mol. The van der Waals surface area contributed by atoms with Gasteiger partial charge in [0.15, 0.2) is 0 Å². The van der Waals surface area contributed by atoms with Crippen LogP contribution in [0.1, 0.15) is 18.4 Å². The van der Waals surface area contributed by atoms with Crippen molar-refractivity contribution in [3.8, 4) is 0 Å². The molecule has 0 unspecified atom stereocenters. The first-order valence-electron chi connectivity index (χ1n) is 5.75. The Morgan fingerprint density at radius 3 is 2.71 bits per heavy atom. The van der Waals surface area contributed by atoms with Crippen molar-refractivity contribution in [2.24, 2.45) is 0 Å². The Morgan fingerprint density at radius 1 is 1.47 bits per heavy atom. The van der Waals surface area contributed by atoms with Gasteiger partial charge in [0.05, 0.1) is 18.8 Å². The zero-order valence-corrected chi connectivity index (χ0v) is 10.7. The van der Waals surface area contributed by atoms with Crippen LogP contribution in [0.2, 0.25) is 0 Å². The van der Waals surface area contributed by atoms with Crippen molar-refractivity contribution in [3.63, 3.8) is 0 Å². The maximum atomic E-state index is 11.3. The van der Waals surface area contributed by atoms with Crippen LogP contribution in [0.5, 0.6) is 0 Å². The van der Waals surface area contributed by atoms with Gasteiger partial charge in [0.2, 0.25) is 10.0 Å². The first kappa shape index (κ1) is 12.6. The van der Waals surface area contributed by atoms with E-state index in [0.717, 1.165) is 24.9 Å². The molecule has 1 fully saturated rings. The summed E-state index contributed by atoms with van der Waals surface area (Å²) in [5, 5.41) is 3.41. The van der Waals surface area contributed by atoms with E-state index >= 15 is 0 Å². The highest BCUT2D eigenvalue weighted by Crippen LogP contribution is 2.13. The van der Waals surface area contributed by atoms with Crippen molar-refractivity contribution in [2.75, 3.05) is 19.3 Å². The van der Waals surface area contributed by atoms with Crippen LogP contribution in [0, 0.1) is 0 Å². The molecule has 0 atom stereocenters. The summed E-state index contributed by atoms with van der Waals surface area (Å²) >= 11 is 0. The largest absolute Gasteiger partial charge is 0.472 e. The zero-order valence-electron chi connectivity index (χ0n) is 9.93. The highest BCUT2D eigenvalue weighted by Gasteiger charge is 2.24. The molecule has 0 radical (unpaired) electrons. The van der Waals surface area contributed by atoms with Gasteiger partial charge in [-0.05, 0) is 18.9 Å². The molecule has 1 aliphatic rings. The summed E-state index contributed by atoms with van der Waals surface area (Å²) in [6.07, 6.45) is 6.38. The minimum Gasteiger partial charge on any atom is -0.472 e. The van der Waals surface area contributed by atoms with Crippen LogP contribution in [0.3, 0.4) is 0 Å². The molecule has 5 nitrogen and oxygen atoms in total. The summed E-state index contributed by atoms with van der Waals surface area (Å²) in [5.74, 6) is 0. The van der Waals surface area contributed by atoms with Crippen LogP contribution < -0.4 is 5.32 Å². The van der Waals surface area contributed by atoms with Crippen molar-refractivity contribution in [1.29, 1.82) is 0 Å². The third-order valence-corrected chi connectivity index (χ3v) is 4.40. The van der Waals surface area contributed by atoms with Gasteiger partial charge in [0, 0.05) is 31.2 Å². The highest BCUT2D eigenvalue weighted by atomic mass is 32.2. The molecule has 96 valence electrons. The summed E-state index contributed by atoms with van der Waals surface area (Å²) in [7, 11) is -3.02. The molecule has 1 aromatic heterocycles. The van der Waals surface area contributed by atoms with Crippen LogP contribution in [0.15, 0.2) is 23.0 Å². The molecule has 17 heavy (non-hydrogen) atoms. The molecule has 2 rings (SSSR count). The third kappa shape index (κ3) is 3.55. The molecule has 0 spiro atoms. The second-order valence-electron chi connectivity index (χ2n) is 4.45. The molecule has 1 N–H and O–H groups in total. The van der Waals surface area contributed by atoms with Gasteiger partial charge < -0.3 is 9.73 Å². The SMILES string of the molecule is CS(=O)(=O)N1CCC(NCc2ccoc2)CC1. The Morgan fingerprint density at radius 2 is 2.18 bits per heavy atom. The Labute approximate surface area is 102 Å². The molecule has 0 bridgehead atoms. The Kier molecular flexibility index (Phi) is 3.86. The van der Waals surface area contributed by atoms with E-state index in [1.807, 2.05) is 6.07 Å². The van der Waals surface area contributed by atoms with Crippen molar-refractivity contribution < 1.29 is 12.8 Å². The molecule has 1 saturated heterocycles. The molecule has 0 saturated carbocycles. The molecule has 1 aliphatic heterocycles. The smallest absolute Gasteiger partial charge is 0.211 e. The van der Waals surface area contributed by atoms with Crippen LogP contribution in [0.4, 0.5) is 0 Å². The van der Waals surface area contributed by atoms with Gasteiger partial charge in [-0.25, -0.2) is 12.7 Å². The standard InChI is InChI=1S/C11H18N2O3S/c1-17(14,15)13-5-2-11(3-6-13)12-8-10-4-7-16-9-10/h4,7,9,11-12H,2-3,5-6,8H2,1H3. The summed E-state index contributed by atoms with van der Waals surface area (Å²) < 4.78 is 29.2. The van der Waals surface area contributed by atoms with E-state index in [9.17, 15) is 8.42 Å². The second kappa shape index (κ2) is 5.20. The lowest BCUT2D eigenvalue weighted by Gasteiger charge is -2.30. The Hall–Kier alpha value is -0.850. The van der Waals surface area contributed by atoms with Crippen molar-refractivity contribution >= 4 is 10.0 Å². The molecule has 0 amide bonds. The van der Waals surface area contributed by atoms with Crippen molar-refractivity contribution in [3.05, 3.63) is 24.2 Å². The summed E-state index contributed by atoms with van der Waals surface area (Å²) in [4.78, 5) is 0. The van der Waals surface area contributed by atoms with E-state index in [4.69, 9.17) is 4.42 Å².